The van der Waals surface area contributed by atoms with Crippen molar-refractivity contribution < 1.29 is 14.2 Å². The molecule has 0 aliphatic heterocycles. The summed E-state index contributed by atoms with van der Waals surface area (Å²) in [7, 11) is 0. The topological polar surface area (TPSA) is 27.7 Å². The van der Waals surface area contributed by atoms with E-state index < -0.39 is 0 Å². The molecule has 6 unspecified atom stereocenters. The summed E-state index contributed by atoms with van der Waals surface area (Å²) < 4.78 is 20.2. The zero-order chi connectivity index (χ0) is 23.5. The number of unbranched alkanes of at least 4 members (excludes halogenated alkanes) is 2. The summed E-state index contributed by atoms with van der Waals surface area (Å²) >= 11 is 5.07. The normalized spacial score (nSPS) is 17.8. The van der Waals surface area contributed by atoms with E-state index in [9.17, 15) is 0 Å². The molecule has 0 aromatic carbocycles. The smallest absolute Gasteiger partial charge is 0.160 e. The predicted octanol–water partition coefficient (Wildman–Crippen LogP) is 9.33. The van der Waals surface area contributed by atoms with E-state index in [1.54, 1.807) is 0 Å². The van der Waals surface area contributed by atoms with Gasteiger partial charge in [-0.3, -0.25) is 0 Å². The zero-order valence-electron chi connectivity index (χ0n) is 21.3. The molecule has 0 N–H and O–H groups in total. The monoisotopic (exact) mass is 666 g/mol. The lowest BCUT2D eigenvalue weighted by Gasteiger charge is -2.26. The molecule has 3 nitrogen and oxygen atoms in total. The standard InChI is InChI=1S/C26H52I2O3/c1-7-9-17-29-25(15-11-13-21(3)19-23(5)27)31-26(30-18-10-8-2)16-12-14-22(4)20-24(6)28/h21-26H,7-20H2,1-6H3. The van der Waals surface area contributed by atoms with Gasteiger partial charge in [-0.25, -0.2) is 0 Å². The van der Waals surface area contributed by atoms with Gasteiger partial charge in [-0.05, 0) is 63.2 Å². The summed E-state index contributed by atoms with van der Waals surface area (Å²) in [5, 5.41) is 0. The Hall–Kier alpha value is 1.34. The van der Waals surface area contributed by atoms with Crippen molar-refractivity contribution in [2.75, 3.05) is 13.2 Å². The molecule has 0 aromatic rings. The summed E-state index contributed by atoms with van der Waals surface area (Å²) in [5.74, 6) is 1.53. The van der Waals surface area contributed by atoms with E-state index in [2.05, 4.69) is 86.7 Å². The van der Waals surface area contributed by atoms with E-state index in [-0.39, 0.29) is 12.6 Å². The maximum Gasteiger partial charge on any atom is 0.160 e. The summed E-state index contributed by atoms with van der Waals surface area (Å²) in [5.41, 5.74) is 0. The zero-order valence-corrected chi connectivity index (χ0v) is 25.7. The Labute approximate surface area is 222 Å². The molecule has 0 aliphatic rings. The van der Waals surface area contributed by atoms with Crippen molar-refractivity contribution >= 4 is 45.2 Å². The van der Waals surface area contributed by atoms with Gasteiger partial charge in [-0.2, -0.15) is 0 Å². The van der Waals surface area contributed by atoms with Crippen LogP contribution in [0.4, 0.5) is 0 Å². The molecular weight excluding hydrogens is 614 g/mol. The lowest BCUT2D eigenvalue weighted by atomic mass is 9.99. The van der Waals surface area contributed by atoms with Gasteiger partial charge in [0.2, 0.25) is 0 Å². The van der Waals surface area contributed by atoms with Crippen molar-refractivity contribution in [1.29, 1.82) is 0 Å². The number of alkyl halides is 2. The summed E-state index contributed by atoms with van der Waals surface area (Å²) in [6.45, 7) is 15.3. The number of hydrogen-bond acceptors (Lipinski definition) is 3. The molecule has 0 fully saturated rings. The summed E-state index contributed by atoms with van der Waals surface area (Å²) in [6.07, 6.45) is 13.6. The van der Waals surface area contributed by atoms with Gasteiger partial charge in [-0.15, -0.1) is 0 Å². The van der Waals surface area contributed by atoms with E-state index in [0.29, 0.717) is 0 Å². The van der Waals surface area contributed by atoms with Crippen molar-refractivity contribution in [3.05, 3.63) is 0 Å². The highest BCUT2D eigenvalue weighted by Crippen LogP contribution is 2.23. The fraction of sp³-hybridized carbons (Fsp3) is 1.00. The Morgan fingerprint density at radius 3 is 1.29 bits per heavy atom. The van der Waals surface area contributed by atoms with Crippen molar-refractivity contribution in [1.82, 2.24) is 0 Å². The minimum Gasteiger partial charge on any atom is -0.353 e. The molecule has 0 saturated heterocycles. The molecular formula is C26H52I2O3. The first-order valence-corrected chi connectivity index (χ1v) is 15.4. The molecule has 0 saturated carbocycles. The molecule has 0 bridgehead atoms. The fourth-order valence-electron chi connectivity index (χ4n) is 3.88. The first-order chi connectivity index (χ1) is 14.8. The quantitative estimate of drug-likeness (QED) is 0.0499. The minimum absolute atomic E-state index is 0.130. The van der Waals surface area contributed by atoms with Crippen LogP contribution in [0.25, 0.3) is 0 Å². The largest absolute Gasteiger partial charge is 0.353 e. The third kappa shape index (κ3) is 21.6. The van der Waals surface area contributed by atoms with Crippen LogP contribution < -0.4 is 0 Å². The molecule has 31 heavy (non-hydrogen) atoms. The minimum atomic E-state index is -0.130. The number of halogens is 2. The lowest BCUT2D eigenvalue weighted by molar-refractivity contribution is -0.250. The van der Waals surface area contributed by atoms with Gasteiger partial charge in [0, 0.05) is 21.1 Å². The van der Waals surface area contributed by atoms with E-state index in [1.807, 2.05) is 0 Å². The second-order valence-corrected chi connectivity index (χ2v) is 13.8. The van der Waals surface area contributed by atoms with Gasteiger partial charge in [0.05, 0.1) is 0 Å². The first kappa shape index (κ1) is 32.3. The number of rotatable bonds is 22. The molecule has 6 atom stereocenters. The Balaban J connectivity index is 4.66. The number of ether oxygens (including phenoxy) is 3. The molecule has 0 aromatic heterocycles. The predicted molar refractivity (Wildman–Crippen MR) is 153 cm³/mol. The Bertz CT molecular complexity index is 346. The highest BCUT2D eigenvalue weighted by atomic mass is 127. The summed E-state index contributed by atoms with van der Waals surface area (Å²) in [6, 6.07) is 0. The summed E-state index contributed by atoms with van der Waals surface area (Å²) in [4.78, 5) is 0. The van der Waals surface area contributed by atoms with Crippen LogP contribution >= 0.6 is 45.2 Å². The Kier molecular flexibility index (Phi) is 22.8. The number of hydrogen-bond donors (Lipinski definition) is 0. The molecule has 0 radical (unpaired) electrons. The van der Waals surface area contributed by atoms with E-state index in [1.165, 1.54) is 25.7 Å². The molecule has 0 spiro atoms. The SMILES string of the molecule is CCCCOC(CCCC(C)CC(C)I)OC(CCCC(C)CC(C)I)OCCCC. The Morgan fingerprint density at radius 1 is 0.581 bits per heavy atom. The lowest BCUT2D eigenvalue weighted by Crippen LogP contribution is -2.28. The van der Waals surface area contributed by atoms with Crippen LogP contribution in [0.15, 0.2) is 0 Å². The maximum absolute atomic E-state index is 6.42. The van der Waals surface area contributed by atoms with Gasteiger partial charge in [0.25, 0.3) is 0 Å². The van der Waals surface area contributed by atoms with Crippen LogP contribution in [0.2, 0.25) is 0 Å². The van der Waals surface area contributed by atoms with E-state index in [0.717, 1.165) is 84.3 Å². The molecule has 0 aliphatic carbocycles. The maximum atomic E-state index is 6.42. The van der Waals surface area contributed by atoms with Crippen LogP contribution in [0.3, 0.4) is 0 Å². The highest BCUT2D eigenvalue weighted by molar-refractivity contribution is 14.1. The van der Waals surface area contributed by atoms with Gasteiger partial charge in [0.1, 0.15) is 0 Å². The van der Waals surface area contributed by atoms with Crippen LogP contribution in [-0.2, 0) is 14.2 Å². The second kappa shape index (κ2) is 21.8. The third-order valence-electron chi connectivity index (χ3n) is 5.63. The van der Waals surface area contributed by atoms with Crippen molar-refractivity contribution in [2.24, 2.45) is 11.8 Å². The van der Waals surface area contributed by atoms with Crippen LogP contribution in [0, 0.1) is 11.8 Å². The average Bonchev–Trinajstić information content (AvgIpc) is 2.66. The Morgan fingerprint density at radius 2 is 0.968 bits per heavy atom. The average molecular weight is 667 g/mol. The second-order valence-electron chi connectivity index (χ2n) is 9.55. The third-order valence-corrected chi connectivity index (χ3v) is 6.65. The molecule has 0 rings (SSSR count). The first-order valence-electron chi connectivity index (χ1n) is 12.9. The molecule has 188 valence electrons. The van der Waals surface area contributed by atoms with Gasteiger partial charge in [-0.1, -0.05) is 112 Å². The highest BCUT2D eigenvalue weighted by Gasteiger charge is 2.19. The van der Waals surface area contributed by atoms with E-state index in [4.69, 9.17) is 14.2 Å². The van der Waals surface area contributed by atoms with Crippen LogP contribution in [0.1, 0.15) is 119 Å². The molecule has 0 heterocycles. The molecule has 0 amide bonds. The van der Waals surface area contributed by atoms with Gasteiger partial charge >= 0.3 is 0 Å². The van der Waals surface area contributed by atoms with Gasteiger partial charge in [0.15, 0.2) is 12.6 Å². The van der Waals surface area contributed by atoms with Crippen molar-refractivity contribution in [3.8, 4) is 0 Å². The molecule has 5 heteroatoms. The van der Waals surface area contributed by atoms with Crippen molar-refractivity contribution in [3.63, 3.8) is 0 Å². The van der Waals surface area contributed by atoms with Crippen LogP contribution in [0.5, 0.6) is 0 Å². The van der Waals surface area contributed by atoms with Gasteiger partial charge < -0.3 is 14.2 Å². The van der Waals surface area contributed by atoms with Crippen LogP contribution in [-0.4, -0.2) is 33.6 Å². The van der Waals surface area contributed by atoms with E-state index >= 15 is 0 Å². The van der Waals surface area contributed by atoms with Crippen molar-refractivity contribution in [2.45, 2.75) is 139 Å². The fourth-order valence-corrected chi connectivity index (χ4v) is 5.62.